The van der Waals surface area contributed by atoms with Crippen LogP contribution >= 0.6 is 23.1 Å². The van der Waals surface area contributed by atoms with Gasteiger partial charge in [-0.2, -0.15) is 10.5 Å². The molecule has 1 unspecified atom stereocenters. The zero-order valence-corrected chi connectivity index (χ0v) is 13.5. The molecule has 0 fully saturated rings. The molecule has 0 amide bonds. The van der Waals surface area contributed by atoms with E-state index >= 15 is 0 Å². The Hall–Kier alpha value is -2.67. The molecule has 4 rings (SSSR count). The van der Waals surface area contributed by atoms with Crippen LogP contribution in [-0.4, -0.2) is 0 Å². The lowest BCUT2D eigenvalue weighted by Crippen LogP contribution is -2.32. The van der Waals surface area contributed by atoms with Crippen LogP contribution in [0.2, 0.25) is 0 Å². The lowest BCUT2D eigenvalue weighted by Gasteiger charge is -2.30. The van der Waals surface area contributed by atoms with Crippen LogP contribution in [0.25, 0.3) is 0 Å². The number of nitriles is 2. The van der Waals surface area contributed by atoms with Gasteiger partial charge in [-0.1, -0.05) is 30.0 Å². The number of anilines is 1. The third-order valence-corrected chi connectivity index (χ3v) is 6.01. The van der Waals surface area contributed by atoms with Crippen molar-refractivity contribution < 1.29 is 0 Å². The largest absolute Gasteiger partial charge is 0.384 e. The normalized spacial score (nSPS) is 19.2. The highest BCUT2D eigenvalue weighted by Gasteiger charge is 2.40. The molecule has 1 atom stereocenters. The van der Waals surface area contributed by atoms with Crippen molar-refractivity contribution >= 4 is 28.8 Å². The molecule has 0 saturated heterocycles. The summed E-state index contributed by atoms with van der Waals surface area (Å²) >= 11 is 3.07. The molecule has 110 valence electrons. The van der Waals surface area contributed by atoms with E-state index in [1.54, 1.807) is 0 Å². The number of benzene rings is 1. The van der Waals surface area contributed by atoms with Crippen LogP contribution in [0.3, 0.4) is 0 Å². The van der Waals surface area contributed by atoms with Gasteiger partial charge < -0.3 is 5.73 Å². The summed E-state index contributed by atoms with van der Waals surface area (Å²) in [4.78, 5) is 3.84. The zero-order chi connectivity index (χ0) is 16.0. The molecule has 2 N–H and O–H groups in total. The number of nitrogens with zero attached hydrogens (tertiary/aromatic N) is 3. The zero-order valence-electron chi connectivity index (χ0n) is 11.9. The first-order valence-electron chi connectivity index (χ1n) is 6.90. The Morgan fingerprint density at radius 2 is 1.83 bits per heavy atom. The monoisotopic (exact) mass is 334 g/mol. The summed E-state index contributed by atoms with van der Waals surface area (Å²) < 4.78 is 0. The van der Waals surface area contributed by atoms with Gasteiger partial charge in [-0.05, 0) is 23.6 Å². The fraction of sp³-hybridized carbons (Fsp3) is 0.0588. The number of thioether (sulfide) groups is 1. The molecule has 3 heterocycles. The Kier molecular flexibility index (Phi) is 3.16. The highest BCUT2D eigenvalue weighted by atomic mass is 32.2. The van der Waals surface area contributed by atoms with E-state index in [1.807, 2.05) is 46.7 Å². The predicted molar refractivity (Wildman–Crippen MR) is 91.3 cm³/mol. The molecule has 2 aliphatic rings. The Balaban J connectivity index is 1.99. The van der Waals surface area contributed by atoms with Gasteiger partial charge in [-0.25, -0.2) is 0 Å². The first kappa shape index (κ1) is 14.0. The van der Waals surface area contributed by atoms with Crippen molar-refractivity contribution in [1.82, 2.24) is 0 Å². The number of rotatable bonds is 1. The second-order valence-corrected chi connectivity index (χ2v) is 7.10. The molecule has 0 radical (unpaired) electrons. The number of nitrogens with two attached hydrogens (primary N) is 1. The van der Waals surface area contributed by atoms with Crippen LogP contribution in [-0.2, 0) is 0 Å². The molecule has 4 nitrogen and oxygen atoms in total. The lowest BCUT2D eigenvalue weighted by atomic mass is 9.88. The van der Waals surface area contributed by atoms with Crippen molar-refractivity contribution in [3.63, 3.8) is 0 Å². The summed E-state index contributed by atoms with van der Waals surface area (Å²) in [6.45, 7) is 0. The number of fused-ring (bicyclic) bond motifs is 3. The van der Waals surface area contributed by atoms with Crippen LogP contribution in [0.4, 0.5) is 5.69 Å². The Morgan fingerprint density at radius 1 is 1.04 bits per heavy atom. The summed E-state index contributed by atoms with van der Waals surface area (Å²) in [5.74, 6) is 0.0374. The van der Waals surface area contributed by atoms with E-state index in [1.165, 1.54) is 23.1 Å². The molecule has 1 aromatic heterocycles. The van der Waals surface area contributed by atoms with Crippen molar-refractivity contribution in [3.8, 4) is 12.1 Å². The molecular formula is C17H10N4S2. The quantitative estimate of drug-likeness (QED) is 0.856. The van der Waals surface area contributed by atoms with Gasteiger partial charge in [0.25, 0.3) is 0 Å². The Bertz CT molecular complexity index is 942. The van der Waals surface area contributed by atoms with E-state index in [0.717, 1.165) is 20.5 Å². The molecule has 0 bridgehead atoms. The second kappa shape index (κ2) is 5.20. The summed E-state index contributed by atoms with van der Waals surface area (Å²) in [6, 6.07) is 16.3. The third kappa shape index (κ3) is 1.90. The van der Waals surface area contributed by atoms with Gasteiger partial charge in [-0.3, -0.25) is 4.90 Å². The second-order valence-electron chi connectivity index (χ2n) is 5.09. The average Bonchev–Trinajstić information content (AvgIpc) is 3.22. The number of para-hydroxylation sites is 1. The van der Waals surface area contributed by atoms with Crippen LogP contribution in [0.15, 0.2) is 68.7 Å². The van der Waals surface area contributed by atoms with Crippen molar-refractivity contribution in [1.29, 1.82) is 10.5 Å². The predicted octanol–water partition coefficient (Wildman–Crippen LogP) is 3.89. The number of allylic oxidation sites excluding steroid dienone is 2. The van der Waals surface area contributed by atoms with Gasteiger partial charge in [0, 0.05) is 9.77 Å². The molecule has 6 heteroatoms. The maximum Gasteiger partial charge on any atom is 0.123 e. The van der Waals surface area contributed by atoms with E-state index < -0.39 is 0 Å². The lowest BCUT2D eigenvalue weighted by molar-refractivity contribution is 0.898. The average molecular weight is 334 g/mol. The standard InChI is InChI=1S/C17H10N4S2/c18-8-10-15(14-6-3-7-22-14)11(9-19)17-21(16(10)20)12-4-1-2-5-13(12)23-17/h1-7,15H,20H2. The van der Waals surface area contributed by atoms with E-state index in [-0.39, 0.29) is 5.92 Å². The molecular weight excluding hydrogens is 324 g/mol. The van der Waals surface area contributed by atoms with Crippen LogP contribution in [0, 0.1) is 22.7 Å². The Morgan fingerprint density at radius 3 is 2.52 bits per heavy atom. The Labute approximate surface area is 141 Å². The van der Waals surface area contributed by atoms with Crippen LogP contribution < -0.4 is 10.6 Å². The molecule has 2 aromatic rings. The molecule has 0 spiro atoms. The number of hydrogen-bond acceptors (Lipinski definition) is 6. The smallest absolute Gasteiger partial charge is 0.123 e. The highest BCUT2D eigenvalue weighted by molar-refractivity contribution is 8.03. The van der Waals surface area contributed by atoms with Crippen molar-refractivity contribution in [3.05, 3.63) is 68.7 Å². The minimum atomic E-state index is -0.377. The summed E-state index contributed by atoms with van der Waals surface area (Å²) in [5.41, 5.74) is 8.28. The van der Waals surface area contributed by atoms with Crippen molar-refractivity contribution in [2.75, 3.05) is 4.90 Å². The summed E-state index contributed by atoms with van der Waals surface area (Å²) in [5, 5.41) is 22.2. The first-order chi connectivity index (χ1) is 11.3. The first-order valence-corrected chi connectivity index (χ1v) is 8.60. The van der Waals surface area contributed by atoms with E-state index in [4.69, 9.17) is 5.73 Å². The number of hydrogen-bond donors (Lipinski definition) is 1. The van der Waals surface area contributed by atoms with Gasteiger partial charge in [0.15, 0.2) is 0 Å². The fourth-order valence-electron chi connectivity index (χ4n) is 2.91. The molecule has 2 aliphatic heterocycles. The third-order valence-electron chi connectivity index (χ3n) is 3.91. The fourth-order valence-corrected chi connectivity index (χ4v) is 4.94. The van der Waals surface area contributed by atoms with Gasteiger partial charge >= 0.3 is 0 Å². The minimum Gasteiger partial charge on any atom is -0.384 e. The van der Waals surface area contributed by atoms with E-state index in [2.05, 4.69) is 12.1 Å². The van der Waals surface area contributed by atoms with Crippen molar-refractivity contribution in [2.24, 2.45) is 5.73 Å². The molecule has 1 aromatic carbocycles. The molecule has 0 aliphatic carbocycles. The van der Waals surface area contributed by atoms with Crippen LogP contribution in [0.5, 0.6) is 0 Å². The topological polar surface area (TPSA) is 76.8 Å². The molecule has 23 heavy (non-hydrogen) atoms. The van der Waals surface area contributed by atoms with Gasteiger partial charge in [-0.15, -0.1) is 11.3 Å². The van der Waals surface area contributed by atoms with Gasteiger partial charge in [0.2, 0.25) is 0 Å². The van der Waals surface area contributed by atoms with Crippen LogP contribution in [0.1, 0.15) is 10.8 Å². The van der Waals surface area contributed by atoms with Gasteiger partial charge in [0.05, 0.1) is 34.9 Å². The SMILES string of the molecule is N#CC1=C(N)N2C(=C(C#N)C1c1cccs1)Sc1ccccc12. The number of thiophene rings is 1. The highest BCUT2D eigenvalue weighted by Crippen LogP contribution is 2.54. The van der Waals surface area contributed by atoms with Gasteiger partial charge in [0.1, 0.15) is 10.9 Å². The van der Waals surface area contributed by atoms with Crippen molar-refractivity contribution in [2.45, 2.75) is 10.8 Å². The maximum atomic E-state index is 9.77. The maximum absolute atomic E-state index is 9.77. The van der Waals surface area contributed by atoms with E-state index in [0.29, 0.717) is 17.0 Å². The molecule has 0 saturated carbocycles. The summed E-state index contributed by atoms with van der Waals surface area (Å²) in [6.07, 6.45) is 0. The minimum absolute atomic E-state index is 0.377. The van der Waals surface area contributed by atoms with E-state index in [9.17, 15) is 10.5 Å². The summed E-state index contributed by atoms with van der Waals surface area (Å²) in [7, 11) is 0.